The van der Waals surface area contributed by atoms with Gasteiger partial charge in [0.15, 0.2) is 0 Å². The molecule has 136 valence electrons. The first-order valence-corrected chi connectivity index (χ1v) is 9.50. The van der Waals surface area contributed by atoms with Gasteiger partial charge in [0.1, 0.15) is 11.6 Å². The van der Waals surface area contributed by atoms with E-state index in [1.165, 1.54) is 4.68 Å². The van der Waals surface area contributed by atoms with Crippen LogP contribution in [0.2, 0.25) is 0 Å². The minimum absolute atomic E-state index is 0.0483. The second-order valence-corrected chi connectivity index (χ2v) is 7.62. The van der Waals surface area contributed by atoms with E-state index in [2.05, 4.69) is 26.0 Å². The molecule has 2 aromatic heterocycles. The summed E-state index contributed by atoms with van der Waals surface area (Å²) >= 11 is 0. The van der Waals surface area contributed by atoms with Gasteiger partial charge in [0.05, 0.1) is 17.6 Å². The van der Waals surface area contributed by atoms with Crippen LogP contribution in [0.5, 0.6) is 0 Å². The van der Waals surface area contributed by atoms with Gasteiger partial charge in [-0.15, -0.1) is 0 Å². The third-order valence-corrected chi connectivity index (χ3v) is 5.66. The first kappa shape index (κ1) is 15.8. The molecule has 0 amide bonds. The fourth-order valence-electron chi connectivity index (χ4n) is 4.09. The lowest BCUT2D eigenvalue weighted by atomic mass is 9.96. The van der Waals surface area contributed by atoms with Crippen LogP contribution in [-0.4, -0.2) is 42.3 Å². The number of hydrogen-bond donors (Lipinski definition) is 1. The Hall–Kier alpha value is -2.41. The fourth-order valence-corrected chi connectivity index (χ4v) is 4.09. The Morgan fingerprint density at radius 1 is 1.15 bits per heavy atom. The van der Waals surface area contributed by atoms with Crippen LogP contribution in [0.4, 0.5) is 0 Å². The smallest absolute Gasteiger partial charge is 0.341 e. The average Bonchev–Trinajstić information content (AvgIpc) is 3.33. The molecule has 0 unspecified atom stereocenters. The van der Waals surface area contributed by atoms with Crippen molar-refractivity contribution in [2.24, 2.45) is 7.05 Å². The summed E-state index contributed by atoms with van der Waals surface area (Å²) in [5, 5.41) is 4.56. The molecule has 26 heavy (non-hydrogen) atoms. The highest BCUT2D eigenvalue weighted by molar-refractivity contribution is 5.74. The molecule has 1 N–H and O–H groups in total. The highest BCUT2D eigenvalue weighted by atomic mass is 16.2. The van der Waals surface area contributed by atoms with Gasteiger partial charge in [0.25, 0.3) is 0 Å². The molecule has 2 aliphatic rings. The molecule has 2 fully saturated rings. The number of aromatic amines is 1. The summed E-state index contributed by atoms with van der Waals surface area (Å²) in [7, 11) is 1.77. The third-order valence-electron chi connectivity index (χ3n) is 5.66. The predicted molar refractivity (Wildman–Crippen MR) is 99.1 cm³/mol. The first-order chi connectivity index (χ1) is 12.7. The number of rotatable bonds is 4. The third kappa shape index (κ3) is 2.76. The van der Waals surface area contributed by atoms with Crippen molar-refractivity contribution in [3.63, 3.8) is 0 Å². The zero-order valence-electron chi connectivity index (χ0n) is 15.1. The Morgan fingerprint density at radius 3 is 2.65 bits per heavy atom. The minimum Gasteiger partial charge on any atom is -0.341 e. The quantitative estimate of drug-likeness (QED) is 0.781. The zero-order chi connectivity index (χ0) is 17.7. The molecular formula is C19H24N6O. The van der Waals surface area contributed by atoms with Crippen LogP contribution in [-0.2, 0) is 13.6 Å². The molecule has 1 aromatic carbocycles. The highest BCUT2D eigenvalue weighted by Gasteiger charge is 2.33. The molecular weight excluding hydrogens is 328 g/mol. The maximum atomic E-state index is 12.3. The van der Waals surface area contributed by atoms with E-state index in [1.54, 1.807) is 7.05 Å². The predicted octanol–water partition coefficient (Wildman–Crippen LogP) is 2.17. The molecule has 1 saturated carbocycles. The molecule has 1 saturated heterocycles. The summed E-state index contributed by atoms with van der Waals surface area (Å²) in [6.45, 7) is 2.87. The van der Waals surface area contributed by atoms with E-state index >= 15 is 0 Å². The van der Waals surface area contributed by atoms with Gasteiger partial charge >= 0.3 is 5.69 Å². The van der Waals surface area contributed by atoms with Crippen LogP contribution in [0.1, 0.15) is 49.3 Å². The summed E-state index contributed by atoms with van der Waals surface area (Å²) in [6, 6.07) is 8.54. The van der Waals surface area contributed by atoms with Crippen molar-refractivity contribution in [3.05, 3.63) is 46.4 Å². The molecule has 7 heteroatoms. The molecule has 1 aliphatic heterocycles. The summed E-state index contributed by atoms with van der Waals surface area (Å²) in [5.41, 5.74) is 2.17. The van der Waals surface area contributed by atoms with Gasteiger partial charge in [-0.1, -0.05) is 12.1 Å². The van der Waals surface area contributed by atoms with Crippen molar-refractivity contribution in [2.75, 3.05) is 13.1 Å². The van der Waals surface area contributed by atoms with E-state index in [0.29, 0.717) is 12.0 Å². The van der Waals surface area contributed by atoms with Crippen LogP contribution in [0.25, 0.3) is 11.0 Å². The van der Waals surface area contributed by atoms with Gasteiger partial charge in [-0.2, -0.15) is 5.10 Å². The van der Waals surface area contributed by atoms with Crippen LogP contribution in [0.3, 0.4) is 0 Å². The Balaban J connectivity index is 1.28. The first-order valence-electron chi connectivity index (χ1n) is 9.50. The molecule has 0 atom stereocenters. The number of aromatic nitrogens is 5. The van der Waals surface area contributed by atoms with Crippen LogP contribution < -0.4 is 5.69 Å². The lowest BCUT2D eigenvalue weighted by Gasteiger charge is -2.30. The Labute approximate surface area is 151 Å². The molecule has 3 heterocycles. The number of hydrogen-bond acceptors (Lipinski definition) is 4. The second-order valence-electron chi connectivity index (χ2n) is 7.62. The van der Waals surface area contributed by atoms with E-state index in [4.69, 9.17) is 0 Å². The molecule has 7 nitrogen and oxygen atoms in total. The van der Waals surface area contributed by atoms with Crippen molar-refractivity contribution >= 4 is 11.0 Å². The lowest BCUT2D eigenvalue weighted by molar-refractivity contribution is 0.196. The Morgan fingerprint density at radius 2 is 1.92 bits per heavy atom. The van der Waals surface area contributed by atoms with Crippen LogP contribution in [0, 0.1) is 0 Å². The number of nitrogens with one attached hydrogen (secondary N) is 1. The Kier molecular flexibility index (Phi) is 3.70. The van der Waals surface area contributed by atoms with Crippen molar-refractivity contribution in [3.8, 4) is 0 Å². The zero-order valence-corrected chi connectivity index (χ0v) is 15.1. The molecule has 3 aromatic rings. The standard InChI is InChI=1S/C19H24N6O/c1-23-19(26)25(14-6-7-14)18(22-23)13-8-10-24(11-9-13)12-17-20-15-4-2-3-5-16(15)21-17/h2-5,13-14H,6-12H2,1H3,(H,20,21). The number of likely N-dealkylation sites (tertiary alicyclic amines) is 1. The van der Waals surface area contributed by atoms with Gasteiger partial charge in [0, 0.05) is 19.0 Å². The maximum Gasteiger partial charge on any atom is 0.345 e. The van der Waals surface area contributed by atoms with Gasteiger partial charge in [0.2, 0.25) is 0 Å². The van der Waals surface area contributed by atoms with Gasteiger partial charge in [-0.3, -0.25) is 9.47 Å². The van der Waals surface area contributed by atoms with Crippen molar-refractivity contribution in [1.82, 2.24) is 29.2 Å². The van der Waals surface area contributed by atoms with Gasteiger partial charge in [-0.05, 0) is 50.9 Å². The number of H-pyrrole nitrogens is 1. The van der Waals surface area contributed by atoms with Gasteiger partial charge < -0.3 is 4.98 Å². The fraction of sp³-hybridized carbons (Fsp3) is 0.526. The van der Waals surface area contributed by atoms with E-state index in [0.717, 1.165) is 68.0 Å². The molecule has 1 aliphatic carbocycles. The monoisotopic (exact) mass is 352 g/mol. The molecule has 0 spiro atoms. The van der Waals surface area contributed by atoms with Crippen LogP contribution in [0.15, 0.2) is 29.1 Å². The summed E-state index contributed by atoms with van der Waals surface area (Å²) < 4.78 is 3.47. The summed E-state index contributed by atoms with van der Waals surface area (Å²) in [5.74, 6) is 2.41. The largest absolute Gasteiger partial charge is 0.345 e. The lowest BCUT2D eigenvalue weighted by Crippen LogP contribution is -2.34. The number of fused-ring (bicyclic) bond motifs is 1. The topological polar surface area (TPSA) is 71.7 Å². The maximum absolute atomic E-state index is 12.3. The van der Waals surface area contributed by atoms with Crippen molar-refractivity contribution in [2.45, 2.75) is 44.2 Å². The molecule has 0 radical (unpaired) electrons. The summed E-state index contributed by atoms with van der Waals surface area (Å²) in [6.07, 6.45) is 4.32. The normalized spacial score (nSPS) is 19.4. The number of piperidine rings is 1. The van der Waals surface area contributed by atoms with E-state index in [-0.39, 0.29) is 5.69 Å². The number of aryl methyl sites for hydroxylation is 1. The Bertz CT molecular complexity index is 954. The van der Waals surface area contributed by atoms with E-state index in [1.807, 2.05) is 22.8 Å². The van der Waals surface area contributed by atoms with Gasteiger partial charge in [-0.25, -0.2) is 14.5 Å². The summed E-state index contributed by atoms with van der Waals surface area (Å²) in [4.78, 5) is 22.9. The minimum atomic E-state index is 0.0483. The number of benzene rings is 1. The van der Waals surface area contributed by atoms with Crippen LogP contribution >= 0.6 is 0 Å². The van der Waals surface area contributed by atoms with Crippen molar-refractivity contribution in [1.29, 1.82) is 0 Å². The SMILES string of the molecule is Cn1nc(C2CCN(Cc3nc4ccccc4[nH]3)CC2)n(C2CC2)c1=O. The number of nitrogens with zero attached hydrogens (tertiary/aromatic N) is 5. The number of para-hydroxylation sites is 2. The second kappa shape index (κ2) is 6.09. The highest BCUT2D eigenvalue weighted by Crippen LogP contribution is 2.37. The average molecular weight is 352 g/mol. The van der Waals surface area contributed by atoms with E-state index in [9.17, 15) is 4.79 Å². The molecule has 0 bridgehead atoms. The number of imidazole rings is 1. The molecule has 5 rings (SSSR count). The van der Waals surface area contributed by atoms with Crippen molar-refractivity contribution < 1.29 is 0 Å². The van der Waals surface area contributed by atoms with E-state index < -0.39 is 0 Å².